The third kappa shape index (κ3) is 1.51. The summed E-state index contributed by atoms with van der Waals surface area (Å²) in [6.07, 6.45) is 2.43. The average Bonchev–Trinajstić information content (AvgIpc) is 2.71. The molecule has 0 radical (unpaired) electrons. The number of hydrogen-bond acceptors (Lipinski definition) is 4. The summed E-state index contributed by atoms with van der Waals surface area (Å²) in [5.74, 6) is 1.34. The van der Waals surface area contributed by atoms with Crippen molar-refractivity contribution in [2.24, 2.45) is 0 Å². The Balaban J connectivity index is 2.45. The standard InChI is InChI=1S/C8H7BrN2O2/c1-2-6-5(3-4-12-6)7-10-8(9)11-13-7/h3-4H,2H2,1H3. The summed E-state index contributed by atoms with van der Waals surface area (Å²) in [5.41, 5.74) is 0.862. The summed E-state index contributed by atoms with van der Waals surface area (Å²) in [7, 11) is 0. The Morgan fingerprint density at radius 2 is 2.38 bits per heavy atom. The van der Waals surface area contributed by atoms with E-state index in [9.17, 15) is 0 Å². The van der Waals surface area contributed by atoms with Crippen molar-refractivity contribution < 1.29 is 8.94 Å². The lowest BCUT2D eigenvalue weighted by molar-refractivity contribution is 0.424. The van der Waals surface area contributed by atoms with Crippen molar-refractivity contribution >= 4 is 15.9 Å². The van der Waals surface area contributed by atoms with E-state index in [1.165, 1.54) is 0 Å². The third-order valence-electron chi connectivity index (χ3n) is 1.70. The Hall–Kier alpha value is -1.10. The Morgan fingerprint density at radius 1 is 1.54 bits per heavy atom. The predicted molar refractivity (Wildman–Crippen MR) is 49.1 cm³/mol. The van der Waals surface area contributed by atoms with Gasteiger partial charge in [0.1, 0.15) is 5.76 Å². The summed E-state index contributed by atoms with van der Waals surface area (Å²) in [5, 5.41) is 3.64. The van der Waals surface area contributed by atoms with Gasteiger partial charge in [0.25, 0.3) is 5.89 Å². The summed E-state index contributed by atoms with van der Waals surface area (Å²) >= 11 is 3.12. The van der Waals surface area contributed by atoms with Gasteiger partial charge in [0.15, 0.2) is 0 Å². The molecule has 2 rings (SSSR count). The predicted octanol–water partition coefficient (Wildman–Crippen LogP) is 2.65. The van der Waals surface area contributed by atoms with Crippen molar-refractivity contribution in [3.8, 4) is 11.5 Å². The zero-order valence-corrected chi connectivity index (χ0v) is 8.54. The largest absolute Gasteiger partial charge is 0.469 e. The molecular weight excluding hydrogens is 236 g/mol. The quantitative estimate of drug-likeness (QED) is 0.813. The Morgan fingerprint density at radius 3 is 3.00 bits per heavy atom. The minimum Gasteiger partial charge on any atom is -0.469 e. The zero-order valence-electron chi connectivity index (χ0n) is 6.95. The van der Waals surface area contributed by atoms with Gasteiger partial charge >= 0.3 is 0 Å². The summed E-state index contributed by atoms with van der Waals surface area (Å²) in [6.45, 7) is 2.01. The molecule has 68 valence electrons. The summed E-state index contributed by atoms with van der Waals surface area (Å²) in [4.78, 5) is 4.04. The van der Waals surface area contributed by atoms with E-state index in [1.54, 1.807) is 6.26 Å². The number of nitrogens with zero attached hydrogens (tertiary/aromatic N) is 2. The van der Waals surface area contributed by atoms with Gasteiger partial charge in [-0.1, -0.05) is 6.92 Å². The van der Waals surface area contributed by atoms with E-state index < -0.39 is 0 Å². The lowest BCUT2D eigenvalue weighted by atomic mass is 10.2. The van der Waals surface area contributed by atoms with Crippen LogP contribution in [0.5, 0.6) is 0 Å². The molecule has 0 N–H and O–H groups in total. The van der Waals surface area contributed by atoms with E-state index in [1.807, 2.05) is 13.0 Å². The molecule has 0 aliphatic rings. The fraction of sp³-hybridized carbons (Fsp3) is 0.250. The molecule has 0 aliphatic carbocycles. The molecular formula is C8H7BrN2O2. The maximum atomic E-state index is 5.23. The van der Waals surface area contributed by atoms with Gasteiger partial charge in [0.2, 0.25) is 4.73 Å². The van der Waals surface area contributed by atoms with E-state index >= 15 is 0 Å². The molecule has 0 spiro atoms. The Bertz CT molecular complexity index is 408. The van der Waals surface area contributed by atoms with Gasteiger partial charge in [-0.2, -0.15) is 4.98 Å². The van der Waals surface area contributed by atoms with Gasteiger partial charge in [-0.3, -0.25) is 0 Å². The van der Waals surface area contributed by atoms with Gasteiger partial charge < -0.3 is 8.94 Å². The van der Waals surface area contributed by atoms with Crippen molar-refractivity contribution in [3.63, 3.8) is 0 Å². The molecule has 5 heteroatoms. The second kappa shape index (κ2) is 3.33. The summed E-state index contributed by atoms with van der Waals surface area (Å²) in [6, 6.07) is 1.82. The first kappa shape index (κ1) is 8.50. The molecule has 0 atom stereocenters. The first-order chi connectivity index (χ1) is 6.31. The van der Waals surface area contributed by atoms with Crippen LogP contribution < -0.4 is 0 Å². The number of aryl methyl sites for hydroxylation is 1. The lowest BCUT2D eigenvalue weighted by Crippen LogP contribution is -1.80. The monoisotopic (exact) mass is 242 g/mol. The molecule has 4 nitrogen and oxygen atoms in total. The molecule has 2 heterocycles. The van der Waals surface area contributed by atoms with Gasteiger partial charge in [0, 0.05) is 6.42 Å². The van der Waals surface area contributed by atoms with Crippen molar-refractivity contribution in [2.45, 2.75) is 13.3 Å². The minimum absolute atomic E-state index is 0.450. The van der Waals surface area contributed by atoms with Crippen LogP contribution in [0.1, 0.15) is 12.7 Å². The van der Waals surface area contributed by atoms with Crippen LogP contribution in [0.3, 0.4) is 0 Å². The average molecular weight is 243 g/mol. The highest BCUT2D eigenvalue weighted by Crippen LogP contribution is 2.24. The maximum Gasteiger partial charge on any atom is 0.262 e. The highest BCUT2D eigenvalue weighted by molar-refractivity contribution is 9.10. The van der Waals surface area contributed by atoms with Crippen LogP contribution in [0.4, 0.5) is 0 Å². The lowest BCUT2D eigenvalue weighted by Gasteiger charge is -1.91. The van der Waals surface area contributed by atoms with Crippen molar-refractivity contribution in [2.75, 3.05) is 0 Å². The van der Waals surface area contributed by atoms with Crippen LogP contribution in [0, 0.1) is 0 Å². The van der Waals surface area contributed by atoms with Crippen molar-refractivity contribution in [1.82, 2.24) is 10.1 Å². The van der Waals surface area contributed by atoms with Crippen LogP contribution >= 0.6 is 15.9 Å². The first-order valence-electron chi connectivity index (χ1n) is 3.87. The topological polar surface area (TPSA) is 52.1 Å². The number of aromatic nitrogens is 2. The van der Waals surface area contributed by atoms with Gasteiger partial charge in [-0.25, -0.2) is 0 Å². The number of hydrogen-bond donors (Lipinski definition) is 0. The molecule has 2 aromatic rings. The summed E-state index contributed by atoms with van der Waals surface area (Å²) < 4.78 is 10.7. The molecule has 0 aromatic carbocycles. The molecule has 0 saturated carbocycles. The molecule has 0 saturated heterocycles. The second-order valence-electron chi connectivity index (χ2n) is 2.48. The highest BCUT2D eigenvalue weighted by Gasteiger charge is 2.13. The molecule has 0 fully saturated rings. The van der Waals surface area contributed by atoms with E-state index in [4.69, 9.17) is 8.94 Å². The van der Waals surface area contributed by atoms with E-state index in [-0.39, 0.29) is 0 Å². The highest BCUT2D eigenvalue weighted by atomic mass is 79.9. The first-order valence-corrected chi connectivity index (χ1v) is 4.66. The van der Waals surface area contributed by atoms with Gasteiger partial charge in [-0.05, 0) is 27.2 Å². The van der Waals surface area contributed by atoms with Gasteiger partial charge in [0.05, 0.1) is 11.8 Å². The Labute approximate surface area is 83.1 Å². The van der Waals surface area contributed by atoms with Crippen molar-refractivity contribution in [3.05, 3.63) is 22.8 Å². The van der Waals surface area contributed by atoms with Crippen LogP contribution in [0.15, 0.2) is 26.0 Å². The van der Waals surface area contributed by atoms with Crippen LogP contribution in [-0.4, -0.2) is 10.1 Å². The second-order valence-corrected chi connectivity index (χ2v) is 3.19. The SMILES string of the molecule is CCc1occc1-c1nc(Br)no1. The molecule has 0 amide bonds. The van der Waals surface area contributed by atoms with Gasteiger partial charge in [-0.15, -0.1) is 0 Å². The minimum atomic E-state index is 0.450. The number of halogens is 1. The van der Waals surface area contributed by atoms with Crippen LogP contribution in [0.2, 0.25) is 0 Å². The van der Waals surface area contributed by atoms with Crippen molar-refractivity contribution in [1.29, 1.82) is 0 Å². The molecule has 0 bridgehead atoms. The zero-order chi connectivity index (χ0) is 9.26. The molecule has 2 aromatic heterocycles. The smallest absolute Gasteiger partial charge is 0.262 e. The maximum absolute atomic E-state index is 5.23. The van der Waals surface area contributed by atoms with E-state index in [0.29, 0.717) is 10.6 Å². The molecule has 0 aliphatic heterocycles. The Kier molecular flexibility index (Phi) is 2.18. The number of rotatable bonds is 2. The fourth-order valence-electron chi connectivity index (χ4n) is 1.12. The fourth-order valence-corrected chi connectivity index (χ4v) is 1.35. The number of furan rings is 1. The van der Waals surface area contributed by atoms with E-state index in [0.717, 1.165) is 17.7 Å². The molecule has 0 unspecified atom stereocenters. The molecule has 13 heavy (non-hydrogen) atoms. The van der Waals surface area contributed by atoms with Crippen LogP contribution in [0.25, 0.3) is 11.5 Å². The van der Waals surface area contributed by atoms with Crippen LogP contribution in [-0.2, 0) is 6.42 Å². The third-order valence-corrected chi connectivity index (χ3v) is 2.02. The normalized spacial score (nSPS) is 10.6. The van der Waals surface area contributed by atoms with E-state index in [2.05, 4.69) is 26.1 Å².